The van der Waals surface area contributed by atoms with Gasteiger partial charge in [-0.1, -0.05) is 0 Å². The van der Waals surface area contributed by atoms with Crippen molar-refractivity contribution in [1.29, 1.82) is 0 Å². The van der Waals surface area contributed by atoms with Crippen molar-refractivity contribution in [2.24, 2.45) is 16.9 Å². The third-order valence-corrected chi connectivity index (χ3v) is 4.81. The summed E-state index contributed by atoms with van der Waals surface area (Å²) in [7, 11) is 0. The van der Waals surface area contributed by atoms with Crippen LogP contribution in [0.4, 0.5) is 0 Å². The highest BCUT2D eigenvalue weighted by atomic mass is 32.1. The first-order valence-electron chi connectivity index (χ1n) is 7.58. The summed E-state index contributed by atoms with van der Waals surface area (Å²) < 4.78 is 0. The van der Waals surface area contributed by atoms with Crippen molar-refractivity contribution in [1.82, 2.24) is 20.3 Å². The van der Waals surface area contributed by atoms with Crippen molar-refractivity contribution in [3.05, 3.63) is 24.3 Å². The van der Waals surface area contributed by atoms with Gasteiger partial charge in [-0.15, -0.1) is 0 Å². The van der Waals surface area contributed by atoms with Crippen molar-refractivity contribution in [3.63, 3.8) is 0 Å². The second kappa shape index (κ2) is 6.47. The number of hydrogen-bond donors (Lipinski definition) is 1. The van der Waals surface area contributed by atoms with Crippen LogP contribution in [0.2, 0.25) is 0 Å². The van der Waals surface area contributed by atoms with E-state index in [0.717, 1.165) is 41.4 Å². The van der Waals surface area contributed by atoms with Crippen LogP contribution in [0.3, 0.4) is 0 Å². The predicted molar refractivity (Wildman–Crippen MR) is 87.0 cm³/mol. The predicted octanol–water partition coefficient (Wildman–Crippen LogP) is 2.20. The molecule has 21 heavy (non-hydrogen) atoms. The number of aromatic nitrogens is 2. The smallest absolute Gasteiger partial charge is 0.189 e. The van der Waals surface area contributed by atoms with Gasteiger partial charge >= 0.3 is 0 Å². The van der Waals surface area contributed by atoms with Gasteiger partial charge < -0.3 is 4.90 Å². The monoisotopic (exact) mass is 303 g/mol. The van der Waals surface area contributed by atoms with Gasteiger partial charge in [0.1, 0.15) is 5.69 Å². The molecule has 4 rings (SSSR count). The van der Waals surface area contributed by atoms with E-state index in [2.05, 4.69) is 25.4 Å². The van der Waals surface area contributed by atoms with Gasteiger partial charge in [-0.05, 0) is 56.7 Å². The summed E-state index contributed by atoms with van der Waals surface area (Å²) in [6.07, 6.45) is 10.4. The SMILES string of the molecule is C/C(=N/NC(=S)N1CC2CCC(CC2)C1)c1cnccn1. The van der Waals surface area contributed by atoms with Gasteiger partial charge in [-0.25, -0.2) is 0 Å². The standard InChI is InChI=1S/C15H21N5S/c1-11(14-8-16-6-7-17-14)18-19-15(21)20-9-12-2-3-13(10-20)5-4-12/h6-8,12-13H,2-5,9-10H2,1H3,(H,19,21)/b18-11-. The Balaban J connectivity index is 1.61. The number of nitrogens with one attached hydrogen (secondary N) is 1. The molecule has 5 nitrogen and oxygen atoms in total. The van der Waals surface area contributed by atoms with E-state index in [4.69, 9.17) is 12.2 Å². The van der Waals surface area contributed by atoms with Gasteiger partial charge in [0.2, 0.25) is 0 Å². The van der Waals surface area contributed by atoms with E-state index in [-0.39, 0.29) is 0 Å². The minimum atomic E-state index is 0.733. The Bertz CT molecular complexity index is 508. The molecule has 3 heterocycles. The Hall–Kier alpha value is -1.56. The molecular formula is C15H21N5S. The molecule has 1 aliphatic carbocycles. The van der Waals surface area contributed by atoms with Crippen LogP contribution in [0.1, 0.15) is 38.3 Å². The average Bonchev–Trinajstić information content (AvgIpc) is 2.87. The molecule has 1 aromatic heterocycles. The lowest BCUT2D eigenvalue weighted by atomic mass is 9.84. The molecule has 0 amide bonds. The molecule has 1 N–H and O–H groups in total. The molecule has 3 aliphatic rings. The van der Waals surface area contributed by atoms with E-state index in [9.17, 15) is 0 Å². The van der Waals surface area contributed by atoms with Crippen molar-refractivity contribution in [2.75, 3.05) is 13.1 Å². The Morgan fingerprint density at radius 2 is 1.90 bits per heavy atom. The molecule has 112 valence electrons. The number of hydrogen-bond acceptors (Lipinski definition) is 4. The fraction of sp³-hybridized carbons (Fsp3) is 0.600. The fourth-order valence-electron chi connectivity index (χ4n) is 3.21. The fourth-order valence-corrected chi connectivity index (χ4v) is 3.40. The van der Waals surface area contributed by atoms with Gasteiger partial charge in [0, 0.05) is 25.5 Å². The molecule has 0 radical (unpaired) electrons. The summed E-state index contributed by atoms with van der Waals surface area (Å²) in [5.74, 6) is 1.60. The summed E-state index contributed by atoms with van der Waals surface area (Å²) in [5.41, 5.74) is 4.59. The van der Waals surface area contributed by atoms with Crippen LogP contribution in [0.5, 0.6) is 0 Å². The van der Waals surface area contributed by atoms with Crippen LogP contribution >= 0.6 is 12.2 Å². The van der Waals surface area contributed by atoms with Gasteiger partial charge in [0.15, 0.2) is 5.11 Å². The van der Waals surface area contributed by atoms with Crippen molar-refractivity contribution < 1.29 is 0 Å². The van der Waals surface area contributed by atoms with Crippen LogP contribution in [0, 0.1) is 11.8 Å². The zero-order valence-electron chi connectivity index (χ0n) is 12.3. The topological polar surface area (TPSA) is 53.4 Å². The van der Waals surface area contributed by atoms with Gasteiger partial charge in [0.25, 0.3) is 0 Å². The second-order valence-electron chi connectivity index (χ2n) is 6.00. The third kappa shape index (κ3) is 3.56. The molecule has 0 aromatic carbocycles. The molecule has 2 bridgehead atoms. The quantitative estimate of drug-likeness (QED) is 0.516. The summed E-state index contributed by atoms with van der Waals surface area (Å²) >= 11 is 5.51. The normalized spacial score (nSPS) is 25.6. The van der Waals surface area contributed by atoms with Crippen LogP contribution in [-0.4, -0.2) is 38.8 Å². The second-order valence-corrected chi connectivity index (χ2v) is 6.38. The Kier molecular flexibility index (Phi) is 4.43. The molecule has 0 atom stereocenters. The van der Waals surface area contributed by atoms with E-state index in [1.165, 1.54) is 25.7 Å². The van der Waals surface area contributed by atoms with E-state index >= 15 is 0 Å². The first-order chi connectivity index (χ1) is 10.2. The molecule has 0 spiro atoms. The van der Waals surface area contributed by atoms with E-state index < -0.39 is 0 Å². The largest absolute Gasteiger partial charge is 0.347 e. The Morgan fingerprint density at radius 3 is 2.48 bits per heavy atom. The zero-order valence-corrected chi connectivity index (χ0v) is 13.1. The molecule has 6 heteroatoms. The van der Waals surface area contributed by atoms with Crippen LogP contribution in [-0.2, 0) is 0 Å². The first kappa shape index (κ1) is 14.4. The summed E-state index contributed by atoms with van der Waals surface area (Å²) in [6.45, 7) is 4.05. The first-order valence-corrected chi connectivity index (χ1v) is 7.99. The maximum Gasteiger partial charge on any atom is 0.189 e. The summed E-state index contributed by atoms with van der Waals surface area (Å²) in [4.78, 5) is 10.6. The number of rotatable bonds is 2. The van der Waals surface area contributed by atoms with Crippen LogP contribution in [0.25, 0.3) is 0 Å². The molecule has 2 aliphatic heterocycles. The molecule has 1 aromatic rings. The lowest BCUT2D eigenvalue weighted by Crippen LogP contribution is -2.40. The third-order valence-electron chi connectivity index (χ3n) is 4.46. The number of thiocarbonyl (C=S) groups is 1. The van der Waals surface area contributed by atoms with Crippen molar-refractivity contribution in [3.8, 4) is 0 Å². The van der Waals surface area contributed by atoms with E-state index in [1.54, 1.807) is 18.6 Å². The lowest BCUT2D eigenvalue weighted by molar-refractivity contribution is 0.326. The summed E-state index contributed by atoms with van der Waals surface area (Å²) in [5, 5.41) is 5.09. The lowest BCUT2D eigenvalue weighted by Gasteiger charge is -2.24. The van der Waals surface area contributed by atoms with E-state index in [0.29, 0.717) is 0 Å². The maximum absolute atomic E-state index is 5.51. The maximum atomic E-state index is 5.51. The Morgan fingerprint density at radius 1 is 1.24 bits per heavy atom. The average molecular weight is 303 g/mol. The highest BCUT2D eigenvalue weighted by Gasteiger charge is 2.30. The molecule has 0 unspecified atom stereocenters. The summed E-state index contributed by atoms with van der Waals surface area (Å²) in [6, 6.07) is 0. The number of nitrogens with zero attached hydrogens (tertiary/aromatic N) is 4. The highest BCUT2D eigenvalue weighted by Crippen LogP contribution is 2.33. The van der Waals surface area contributed by atoms with Crippen LogP contribution in [0.15, 0.2) is 23.7 Å². The molecule has 3 fully saturated rings. The van der Waals surface area contributed by atoms with Gasteiger partial charge in [-0.2, -0.15) is 5.10 Å². The Labute approximate surface area is 130 Å². The minimum absolute atomic E-state index is 0.733. The zero-order chi connectivity index (χ0) is 14.7. The van der Waals surface area contributed by atoms with Crippen molar-refractivity contribution >= 4 is 23.0 Å². The molecular weight excluding hydrogens is 282 g/mol. The van der Waals surface area contributed by atoms with Crippen molar-refractivity contribution in [2.45, 2.75) is 32.6 Å². The molecule has 1 saturated carbocycles. The molecule has 2 saturated heterocycles. The van der Waals surface area contributed by atoms with Crippen LogP contribution < -0.4 is 5.43 Å². The highest BCUT2D eigenvalue weighted by molar-refractivity contribution is 7.80. The number of fused-ring (bicyclic) bond motifs is 4. The van der Waals surface area contributed by atoms with E-state index in [1.807, 2.05) is 6.92 Å². The van der Waals surface area contributed by atoms with Gasteiger partial charge in [-0.3, -0.25) is 15.4 Å². The van der Waals surface area contributed by atoms with Gasteiger partial charge in [0.05, 0.1) is 11.9 Å². The number of hydrazone groups is 1. The minimum Gasteiger partial charge on any atom is -0.347 e.